The van der Waals surface area contributed by atoms with Crippen LogP contribution in [0.1, 0.15) is 29.3 Å². The first-order valence-electron chi connectivity index (χ1n) is 7.46. The molecule has 5 nitrogen and oxygen atoms in total. The Bertz CT molecular complexity index is 803. The van der Waals surface area contributed by atoms with E-state index in [1.54, 1.807) is 31.4 Å². The minimum atomic E-state index is -0.838. The van der Waals surface area contributed by atoms with Crippen LogP contribution in [0.5, 0.6) is 11.5 Å². The summed E-state index contributed by atoms with van der Waals surface area (Å²) in [5.41, 5.74) is 1.13. The predicted molar refractivity (Wildman–Crippen MR) is 86.1 cm³/mol. The zero-order valence-electron chi connectivity index (χ0n) is 13.3. The molecule has 6 heteroatoms. The number of ether oxygens (including phenoxy) is 2. The van der Waals surface area contributed by atoms with Crippen LogP contribution < -0.4 is 9.47 Å². The van der Waals surface area contributed by atoms with E-state index in [0.717, 1.165) is 5.56 Å². The Kier molecular flexibility index (Phi) is 4.46. The van der Waals surface area contributed by atoms with Gasteiger partial charge in [-0.15, -0.1) is 0 Å². The van der Waals surface area contributed by atoms with E-state index in [4.69, 9.17) is 14.3 Å². The van der Waals surface area contributed by atoms with Gasteiger partial charge in [0, 0.05) is 18.1 Å². The molecule has 1 unspecified atom stereocenters. The van der Waals surface area contributed by atoms with E-state index >= 15 is 0 Å². The number of fused-ring (bicyclic) bond motifs is 1. The first-order valence-corrected chi connectivity index (χ1v) is 7.46. The van der Waals surface area contributed by atoms with E-state index in [9.17, 15) is 9.18 Å². The van der Waals surface area contributed by atoms with E-state index in [2.05, 4.69) is 5.16 Å². The molecule has 1 atom stereocenters. The maximum atomic E-state index is 13.6. The van der Waals surface area contributed by atoms with Crippen LogP contribution in [0.2, 0.25) is 0 Å². The van der Waals surface area contributed by atoms with Gasteiger partial charge < -0.3 is 14.3 Å². The van der Waals surface area contributed by atoms with Gasteiger partial charge in [-0.1, -0.05) is 17.3 Å². The number of hydrogen-bond acceptors (Lipinski definition) is 5. The molecule has 24 heavy (non-hydrogen) atoms. The second-order valence-corrected chi connectivity index (χ2v) is 5.39. The third kappa shape index (κ3) is 3.22. The van der Waals surface area contributed by atoms with Gasteiger partial charge in [-0.05, 0) is 31.2 Å². The fourth-order valence-electron chi connectivity index (χ4n) is 2.47. The number of carbonyl (C=O) groups is 1. The van der Waals surface area contributed by atoms with Crippen molar-refractivity contribution >= 4 is 11.7 Å². The van der Waals surface area contributed by atoms with Gasteiger partial charge in [-0.3, -0.25) is 0 Å². The van der Waals surface area contributed by atoms with Crippen LogP contribution >= 0.6 is 0 Å². The van der Waals surface area contributed by atoms with E-state index in [-0.39, 0.29) is 11.7 Å². The Balaban J connectivity index is 1.86. The van der Waals surface area contributed by atoms with Gasteiger partial charge in [0.25, 0.3) is 0 Å². The molecule has 2 aromatic rings. The van der Waals surface area contributed by atoms with Crippen LogP contribution in [0.3, 0.4) is 0 Å². The normalized spacial score (nSPS) is 17.8. The molecule has 0 aliphatic carbocycles. The number of oxime groups is 1. The second-order valence-electron chi connectivity index (χ2n) is 5.39. The van der Waals surface area contributed by atoms with Crippen LogP contribution in [0.15, 0.2) is 47.6 Å². The van der Waals surface area contributed by atoms with Gasteiger partial charge in [0.15, 0.2) is 0 Å². The fraction of sp³-hybridized carbons (Fsp3) is 0.222. The third-order valence-electron chi connectivity index (χ3n) is 3.64. The highest BCUT2D eigenvalue weighted by Crippen LogP contribution is 2.31. The highest BCUT2D eigenvalue weighted by atomic mass is 19.1. The van der Waals surface area contributed by atoms with Crippen molar-refractivity contribution < 1.29 is 23.5 Å². The van der Waals surface area contributed by atoms with Crippen molar-refractivity contribution in [1.29, 1.82) is 0 Å². The molecule has 0 spiro atoms. The molecule has 0 bridgehead atoms. The smallest absolute Gasteiger partial charge is 0.368 e. The van der Waals surface area contributed by atoms with Crippen molar-refractivity contribution in [2.24, 2.45) is 5.16 Å². The summed E-state index contributed by atoms with van der Waals surface area (Å²) < 4.78 is 24.5. The van der Waals surface area contributed by atoms with Gasteiger partial charge in [0.05, 0.1) is 18.4 Å². The van der Waals surface area contributed by atoms with Crippen molar-refractivity contribution in [3.8, 4) is 11.5 Å². The summed E-state index contributed by atoms with van der Waals surface area (Å²) in [5.74, 6) is -0.220. The number of halogens is 1. The molecule has 0 fully saturated rings. The highest BCUT2D eigenvalue weighted by Gasteiger charge is 2.24. The van der Waals surface area contributed by atoms with Gasteiger partial charge >= 0.3 is 5.97 Å². The number of methoxy groups -OCH3 is 1. The lowest BCUT2D eigenvalue weighted by Crippen LogP contribution is -2.25. The Morgan fingerprint density at radius 1 is 1.29 bits per heavy atom. The summed E-state index contributed by atoms with van der Waals surface area (Å²) in [7, 11) is 1.57. The minimum Gasteiger partial charge on any atom is -0.497 e. The summed E-state index contributed by atoms with van der Waals surface area (Å²) >= 11 is 0. The van der Waals surface area contributed by atoms with E-state index in [1.165, 1.54) is 18.2 Å². The van der Waals surface area contributed by atoms with Crippen LogP contribution in [-0.4, -0.2) is 24.9 Å². The topological polar surface area (TPSA) is 57.1 Å². The summed E-state index contributed by atoms with van der Waals surface area (Å²) in [6.07, 6.45) is 0.347. The van der Waals surface area contributed by atoms with Crippen molar-refractivity contribution in [2.75, 3.05) is 7.11 Å². The van der Waals surface area contributed by atoms with Crippen molar-refractivity contribution in [3.63, 3.8) is 0 Å². The second kappa shape index (κ2) is 6.70. The fourth-order valence-corrected chi connectivity index (χ4v) is 2.47. The van der Waals surface area contributed by atoms with E-state index < -0.39 is 11.8 Å². The maximum Gasteiger partial charge on any atom is 0.368 e. The number of benzene rings is 2. The minimum absolute atomic E-state index is 0.129. The largest absolute Gasteiger partial charge is 0.497 e. The molecular formula is C18H16FNO4. The van der Waals surface area contributed by atoms with Crippen LogP contribution in [0.25, 0.3) is 0 Å². The summed E-state index contributed by atoms with van der Waals surface area (Å²) in [6.45, 7) is 1.89. The number of carbonyl (C=O) groups excluding carboxylic acids is 1. The molecular weight excluding hydrogens is 313 g/mol. The van der Waals surface area contributed by atoms with Crippen molar-refractivity contribution in [3.05, 3.63) is 59.4 Å². The standard InChI is InChI=1S/C18H16FNO4/c1-11-9-16(14-8-7-12(22-2)10-17(14)23-11)20-24-18(21)13-5-3-4-6-15(13)19/h3-8,10-11H,9H2,1-2H3/b20-16-. The number of nitrogens with zero attached hydrogens (tertiary/aromatic N) is 1. The van der Waals surface area contributed by atoms with Crippen LogP contribution in [0, 0.1) is 5.82 Å². The Hall–Kier alpha value is -2.89. The number of hydrogen-bond donors (Lipinski definition) is 0. The molecule has 0 saturated heterocycles. The lowest BCUT2D eigenvalue weighted by atomic mass is 10.0. The third-order valence-corrected chi connectivity index (χ3v) is 3.64. The lowest BCUT2D eigenvalue weighted by Gasteiger charge is -2.24. The molecule has 0 radical (unpaired) electrons. The zero-order chi connectivity index (χ0) is 17.1. The molecule has 0 aromatic heterocycles. The van der Waals surface area contributed by atoms with Crippen molar-refractivity contribution in [2.45, 2.75) is 19.4 Å². The van der Waals surface area contributed by atoms with Gasteiger partial charge in [-0.25, -0.2) is 9.18 Å². The lowest BCUT2D eigenvalue weighted by molar-refractivity contribution is 0.0507. The van der Waals surface area contributed by atoms with Crippen molar-refractivity contribution in [1.82, 2.24) is 0 Å². The SMILES string of the molecule is COc1ccc2c(c1)OC(C)C/C2=N/OC(=O)c1ccccc1F. The molecule has 1 aliphatic heterocycles. The molecule has 0 N–H and O–H groups in total. The predicted octanol–water partition coefficient (Wildman–Crippen LogP) is 3.57. The molecule has 2 aromatic carbocycles. The summed E-state index contributed by atoms with van der Waals surface area (Å²) in [4.78, 5) is 16.9. The maximum absolute atomic E-state index is 13.6. The zero-order valence-corrected chi connectivity index (χ0v) is 13.3. The average molecular weight is 329 g/mol. The quantitative estimate of drug-likeness (QED) is 0.638. The Morgan fingerprint density at radius 3 is 2.83 bits per heavy atom. The molecule has 3 rings (SSSR count). The summed E-state index contributed by atoms with van der Waals surface area (Å²) in [6, 6.07) is 10.9. The van der Waals surface area contributed by atoms with Gasteiger partial charge in [-0.2, -0.15) is 0 Å². The van der Waals surface area contributed by atoms with Crippen LogP contribution in [-0.2, 0) is 4.84 Å². The molecule has 124 valence electrons. The Labute approximate surface area is 138 Å². The molecule has 0 saturated carbocycles. The average Bonchev–Trinajstić information content (AvgIpc) is 2.59. The highest BCUT2D eigenvalue weighted by molar-refractivity contribution is 6.04. The van der Waals surface area contributed by atoms with Crippen LogP contribution in [0.4, 0.5) is 4.39 Å². The molecule has 1 aliphatic rings. The molecule has 1 heterocycles. The molecule has 0 amide bonds. The van der Waals surface area contributed by atoms with E-state index in [1.807, 2.05) is 6.92 Å². The van der Waals surface area contributed by atoms with Gasteiger partial charge in [0.1, 0.15) is 23.4 Å². The first kappa shape index (κ1) is 16.0. The summed E-state index contributed by atoms with van der Waals surface area (Å²) in [5, 5.41) is 3.93. The van der Waals surface area contributed by atoms with E-state index in [0.29, 0.717) is 23.6 Å². The van der Waals surface area contributed by atoms with Gasteiger partial charge in [0.2, 0.25) is 0 Å². The monoisotopic (exact) mass is 329 g/mol. The number of rotatable bonds is 3. The Morgan fingerprint density at radius 2 is 2.08 bits per heavy atom. The first-order chi connectivity index (χ1) is 11.6.